The van der Waals surface area contributed by atoms with Crippen molar-refractivity contribution in [2.45, 2.75) is 44.2 Å². The van der Waals surface area contributed by atoms with Crippen molar-refractivity contribution in [1.29, 1.82) is 0 Å². The van der Waals surface area contributed by atoms with Gasteiger partial charge in [-0.2, -0.15) is 0 Å². The van der Waals surface area contributed by atoms with Crippen molar-refractivity contribution in [3.63, 3.8) is 0 Å². The molecule has 5 unspecified atom stereocenters. The first kappa shape index (κ1) is 14.3. The van der Waals surface area contributed by atoms with E-state index >= 15 is 0 Å². The van der Waals surface area contributed by atoms with Crippen LogP contribution in [-0.2, 0) is 11.2 Å². The van der Waals surface area contributed by atoms with Crippen LogP contribution in [0.1, 0.15) is 26.3 Å². The lowest BCUT2D eigenvalue weighted by molar-refractivity contribution is 0.0511. The third-order valence-corrected chi connectivity index (χ3v) is 5.28. The molecule has 5 atom stereocenters. The molecule has 0 aromatic carbocycles. The van der Waals surface area contributed by atoms with E-state index in [1.54, 1.807) is 12.4 Å². The Morgan fingerprint density at radius 2 is 2.11 bits per heavy atom. The summed E-state index contributed by atoms with van der Waals surface area (Å²) in [5.41, 5.74) is 1.15. The second-order valence-corrected chi connectivity index (χ2v) is 6.75. The van der Waals surface area contributed by atoms with Crippen LogP contribution in [0.4, 0.5) is 0 Å². The van der Waals surface area contributed by atoms with Gasteiger partial charge in [-0.3, -0.25) is 4.98 Å². The molecule has 0 aliphatic carbocycles. The summed E-state index contributed by atoms with van der Waals surface area (Å²) in [5.74, 6) is 1.08. The number of ether oxygens (including phenoxy) is 1. The monoisotopic (exact) mass is 331 g/mol. The fourth-order valence-corrected chi connectivity index (χ4v) is 4.29. The first-order chi connectivity index (χ1) is 8.50. The van der Waals surface area contributed by atoms with Crippen molar-refractivity contribution in [2.24, 2.45) is 11.8 Å². The van der Waals surface area contributed by atoms with Crippen LogP contribution >= 0.6 is 27.5 Å². The summed E-state index contributed by atoms with van der Waals surface area (Å²) in [4.78, 5) is 4.40. The van der Waals surface area contributed by atoms with E-state index in [2.05, 4.69) is 41.7 Å². The zero-order valence-electron chi connectivity index (χ0n) is 10.9. The number of halogens is 2. The highest BCUT2D eigenvalue weighted by atomic mass is 79.9. The second-order valence-electron chi connectivity index (χ2n) is 5.17. The maximum atomic E-state index is 6.16. The Morgan fingerprint density at radius 1 is 1.39 bits per heavy atom. The predicted octanol–water partition coefficient (Wildman–Crippen LogP) is 4.10. The number of hydrogen-bond acceptors (Lipinski definition) is 2. The van der Waals surface area contributed by atoms with Crippen LogP contribution in [-0.4, -0.2) is 22.0 Å². The summed E-state index contributed by atoms with van der Waals surface area (Å²) in [6, 6.07) is 1.99. The number of hydrogen-bond donors (Lipinski definition) is 0. The fraction of sp³-hybridized carbons (Fsp3) is 0.643. The molecule has 1 fully saturated rings. The Hall–Kier alpha value is -0.120. The third-order valence-electron chi connectivity index (χ3n) is 4.01. The smallest absolute Gasteiger partial charge is 0.0621 e. The molecule has 0 amide bonds. The molecule has 0 bridgehead atoms. The normalized spacial score (nSPS) is 33.6. The van der Waals surface area contributed by atoms with E-state index in [4.69, 9.17) is 16.3 Å². The number of aromatic nitrogens is 1. The molecule has 0 N–H and O–H groups in total. The highest BCUT2D eigenvalue weighted by molar-refractivity contribution is 9.09. The first-order valence-electron chi connectivity index (χ1n) is 6.38. The van der Waals surface area contributed by atoms with Gasteiger partial charge in [0.25, 0.3) is 0 Å². The maximum Gasteiger partial charge on any atom is 0.0621 e. The number of pyridine rings is 1. The zero-order chi connectivity index (χ0) is 13.3. The number of rotatable bonds is 3. The van der Waals surface area contributed by atoms with E-state index in [0.29, 0.717) is 28.9 Å². The largest absolute Gasteiger partial charge is 0.375 e. The highest BCUT2D eigenvalue weighted by Crippen LogP contribution is 2.38. The lowest BCUT2D eigenvalue weighted by Gasteiger charge is -2.24. The van der Waals surface area contributed by atoms with Crippen molar-refractivity contribution in [3.05, 3.63) is 29.0 Å². The predicted molar refractivity (Wildman–Crippen MR) is 78.3 cm³/mol. The standard InChI is InChI=1S/C14H19BrClNO/c1-8-9(2)18-10(3)14(8)12(15)6-11-4-5-17-7-13(11)16/h4-5,7-10,12,14H,6H2,1-3H3. The van der Waals surface area contributed by atoms with Crippen LogP contribution in [0.25, 0.3) is 0 Å². The maximum absolute atomic E-state index is 6.16. The van der Waals surface area contributed by atoms with Gasteiger partial charge in [0.05, 0.1) is 17.2 Å². The molecule has 18 heavy (non-hydrogen) atoms. The fourth-order valence-electron chi connectivity index (χ4n) is 2.83. The van der Waals surface area contributed by atoms with Crippen molar-refractivity contribution in [1.82, 2.24) is 4.98 Å². The molecule has 1 aliphatic rings. The van der Waals surface area contributed by atoms with Crippen molar-refractivity contribution in [2.75, 3.05) is 0 Å². The van der Waals surface area contributed by atoms with Crippen LogP contribution in [0.3, 0.4) is 0 Å². The molecule has 0 radical (unpaired) electrons. The molecular weight excluding hydrogens is 314 g/mol. The van der Waals surface area contributed by atoms with E-state index in [1.807, 2.05) is 6.07 Å². The summed E-state index contributed by atoms with van der Waals surface area (Å²) in [6.45, 7) is 6.58. The van der Waals surface area contributed by atoms with E-state index in [1.165, 1.54) is 0 Å². The van der Waals surface area contributed by atoms with Crippen molar-refractivity contribution < 1.29 is 4.74 Å². The van der Waals surface area contributed by atoms with Gasteiger partial charge in [-0.25, -0.2) is 0 Å². The summed E-state index contributed by atoms with van der Waals surface area (Å²) in [7, 11) is 0. The minimum Gasteiger partial charge on any atom is -0.375 e. The van der Waals surface area contributed by atoms with Crippen LogP contribution in [0.15, 0.2) is 18.5 Å². The van der Waals surface area contributed by atoms with Gasteiger partial charge in [0, 0.05) is 23.1 Å². The van der Waals surface area contributed by atoms with Crippen LogP contribution in [0.2, 0.25) is 5.02 Å². The van der Waals surface area contributed by atoms with Gasteiger partial charge >= 0.3 is 0 Å². The SMILES string of the molecule is CC1OC(C)C(C(Br)Cc2ccncc2Cl)C1C. The molecule has 2 heterocycles. The van der Waals surface area contributed by atoms with Gasteiger partial charge in [0.1, 0.15) is 0 Å². The third kappa shape index (κ3) is 2.89. The Bertz CT molecular complexity index is 415. The van der Waals surface area contributed by atoms with Gasteiger partial charge in [0.2, 0.25) is 0 Å². The lowest BCUT2D eigenvalue weighted by atomic mass is 9.85. The molecular formula is C14H19BrClNO. The molecule has 1 aliphatic heterocycles. The Kier molecular flexibility index (Phi) is 4.68. The average molecular weight is 333 g/mol. The minimum absolute atomic E-state index is 0.292. The Labute approximate surface area is 122 Å². The van der Waals surface area contributed by atoms with E-state index in [9.17, 15) is 0 Å². The first-order valence-corrected chi connectivity index (χ1v) is 7.68. The zero-order valence-corrected chi connectivity index (χ0v) is 13.3. The van der Waals surface area contributed by atoms with Gasteiger partial charge in [0.15, 0.2) is 0 Å². The Morgan fingerprint density at radius 3 is 2.67 bits per heavy atom. The molecule has 100 valence electrons. The summed E-state index contributed by atoms with van der Waals surface area (Å²) >= 11 is 9.99. The highest BCUT2D eigenvalue weighted by Gasteiger charge is 2.40. The molecule has 4 heteroatoms. The topological polar surface area (TPSA) is 22.1 Å². The average Bonchev–Trinajstić information content (AvgIpc) is 2.56. The molecule has 1 aromatic rings. The summed E-state index contributed by atoms with van der Waals surface area (Å²) < 4.78 is 5.90. The number of alkyl halides is 1. The molecule has 2 rings (SSSR count). The van der Waals surface area contributed by atoms with Gasteiger partial charge in [-0.15, -0.1) is 0 Å². The van der Waals surface area contributed by atoms with Crippen molar-refractivity contribution >= 4 is 27.5 Å². The molecule has 1 saturated heterocycles. The second kappa shape index (κ2) is 5.89. The van der Waals surface area contributed by atoms with Crippen LogP contribution in [0.5, 0.6) is 0 Å². The Balaban J connectivity index is 2.08. The van der Waals surface area contributed by atoms with E-state index in [0.717, 1.165) is 17.0 Å². The number of nitrogens with zero attached hydrogens (tertiary/aromatic N) is 1. The van der Waals surface area contributed by atoms with Gasteiger partial charge in [-0.05, 0) is 37.8 Å². The van der Waals surface area contributed by atoms with E-state index < -0.39 is 0 Å². The van der Waals surface area contributed by atoms with Crippen molar-refractivity contribution in [3.8, 4) is 0 Å². The summed E-state index contributed by atoms with van der Waals surface area (Å²) in [6.07, 6.45) is 5.04. The van der Waals surface area contributed by atoms with Crippen LogP contribution < -0.4 is 0 Å². The minimum atomic E-state index is 0.292. The van der Waals surface area contributed by atoms with Crippen LogP contribution in [0, 0.1) is 11.8 Å². The quantitative estimate of drug-likeness (QED) is 0.777. The van der Waals surface area contributed by atoms with E-state index in [-0.39, 0.29) is 0 Å². The molecule has 2 nitrogen and oxygen atoms in total. The molecule has 1 aromatic heterocycles. The molecule has 0 spiro atoms. The lowest BCUT2D eigenvalue weighted by Crippen LogP contribution is -2.28. The summed E-state index contributed by atoms with van der Waals surface area (Å²) in [5, 5.41) is 0.745. The molecule has 0 saturated carbocycles. The van der Waals surface area contributed by atoms with Gasteiger partial charge < -0.3 is 4.74 Å². The van der Waals surface area contributed by atoms with Gasteiger partial charge in [-0.1, -0.05) is 34.5 Å².